The van der Waals surface area contributed by atoms with Crippen molar-refractivity contribution in [3.05, 3.63) is 68.9 Å². The minimum absolute atomic E-state index is 0.117. The minimum atomic E-state index is -1.29. The van der Waals surface area contributed by atoms with Crippen LogP contribution in [0.15, 0.2) is 57.5 Å². The number of benzene rings is 2. The van der Waals surface area contributed by atoms with Crippen molar-refractivity contribution in [1.29, 1.82) is 5.26 Å². The molecule has 2 N–H and O–H groups in total. The summed E-state index contributed by atoms with van der Waals surface area (Å²) in [5, 5.41) is 15.3. The van der Waals surface area contributed by atoms with Gasteiger partial charge in [0.1, 0.15) is 17.5 Å². The van der Waals surface area contributed by atoms with E-state index in [4.69, 9.17) is 9.47 Å². The van der Waals surface area contributed by atoms with Crippen LogP contribution in [0.25, 0.3) is 0 Å². The predicted octanol–water partition coefficient (Wildman–Crippen LogP) is 3.71. The van der Waals surface area contributed by atoms with Gasteiger partial charge in [0.05, 0.1) is 41.1 Å². The summed E-state index contributed by atoms with van der Waals surface area (Å²) in [6.07, 6.45) is 0. The van der Waals surface area contributed by atoms with E-state index in [1.807, 2.05) is 0 Å². The summed E-state index contributed by atoms with van der Waals surface area (Å²) >= 11 is 4.33. The molecule has 0 bridgehead atoms. The molecule has 1 aliphatic heterocycles. The molecule has 2 aromatic carbocycles. The summed E-state index contributed by atoms with van der Waals surface area (Å²) in [6.45, 7) is 0. The fourth-order valence-corrected chi connectivity index (χ4v) is 4.83. The van der Waals surface area contributed by atoms with Gasteiger partial charge in [-0.05, 0) is 57.9 Å². The number of nitrogens with one attached hydrogen (secondary N) is 2. The molecular formula is C23H19BrFN3O5S. The highest BCUT2D eigenvalue weighted by Crippen LogP contribution is 2.42. The summed E-state index contributed by atoms with van der Waals surface area (Å²) in [6, 6.07) is 12.3. The van der Waals surface area contributed by atoms with Gasteiger partial charge in [0.15, 0.2) is 0 Å². The summed E-state index contributed by atoms with van der Waals surface area (Å²) in [4.78, 5) is 37.7. The molecule has 2 atom stereocenters. The molecule has 0 saturated heterocycles. The number of esters is 1. The lowest BCUT2D eigenvalue weighted by Gasteiger charge is -2.31. The van der Waals surface area contributed by atoms with Crippen LogP contribution >= 0.6 is 27.7 Å². The fraction of sp³-hybridized carbons (Fsp3) is 0.217. The maximum atomic E-state index is 13.1. The Balaban J connectivity index is 1.92. The van der Waals surface area contributed by atoms with Gasteiger partial charge >= 0.3 is 5.97 Å². The molecular weight excluding hydrogens is 529 g/mol. The Bertz CT molecular complexity index is 1200. The second-order valence-electron chi connectivity index (χ2n) is 7.06. The van der Waals surface area contributed by atoms with E-state index >= 15 is 0 Å². The van der Waals surface area contributed by atoms with E-state index in [0.717, 1.165) is 18.9 Å². The number of hydrogen-bond donors (Lipinski definition) is 2. The van der Waals surface area contributed by atoms with E-state index in [0.29, 0.717) is 21.5 Å². The van der Waals surface area contributed by atoms with Gasteiger partial charge in [0.25, 0.3) is 0 Å². The maximum absolute atomic E-state index is 13.1. The van der Waals surface area contributed by atoms with Gasteiger partial charge in [-0.25, -0.2) is 4.39 Å². The Morgan fingerprint density at radius 2 is 1.94 bits per heavy atom. The number of methoxy groups -OCH3 is 2. The van der Waals surface area contributed by atoms with Gasteiger partial charge in [0, 0.05) is 11.6 Å². The Labute approximate surface area is 207 Å². The normalized spacial score (nSPS) is 17.4. The van der Waals surface area contributed by atoms with Crippen LogP contribution in [0.3, 0.4) is 0 Å². The molecule has 0 aromatic heterocycles. The topological polar surface area (TPSA) is 118 Å². The summed E-state index contributed by atoms with van der Waals surface area (Å²) < 4.78 is 23.7. The number of amides is 2. The number of thioether (sulfide) groups is 1. The van der Waals surface area contributed by atoms with E-state index in [1.54, 1.807) is 18.2 Å². The highest BCUT2D eigenvalue weighted by Gasteiger charge is 2.44. The van der Waals surface area contributed by atoms with Crippen molar-refractivity contribution in [3.8, 4) is 11.8 Å². The smallest absolute Gasteiger partial charge is 0.319 e. The molecule has 0 saturated carbocycles. The predicted molar refractivity (Wildman–Crippen MR) is 127 cm³/mol. The molecule has 11 heteroatoms. The van der Waals surface area contributed by atoms with E-state index in [-0.39, 0.29) is 16.4 Å². The average molecular weight is 548 g/mol. The van der Waals surface area contributed by atoms with Gasteiger partial charge < -0.3 is 20.1 Å². The fourth-order valence-electron chi connectivity index (χ4n) is 3.42. The van der Waals surface area contributed by atoms with Gasteiger partial charge in [-0.1, -0.05) is 17.8 Å². The zero-order valence-electron chi connectivity index (χ0n) is 18.1. The van der Waals surface area contributed by atoms with E-state index in [9.17, 15) is 24.0 Å². The molecule has 0 fully saturated rings. The summed E-state index contributed by atoms with van der Waals surface area (Å²) in [5.74, 6) is -4.13. The molecule has 3 rings (SSSR count). The maximum Gasteiger partial charge on any atom is 0.319 e. The van der Waals surface area contributed by atoms with Crippen LogP contribution in [-0.2, 0) is 19.1 Å². The molecule has 2 amide bonds. The molecule has 0 spiro atoms. The average Bonchev–Trinajstić information content (AvgIpc) is 2.83. The third-order valence-electron chi connectivity index (χ3n) is 4.99. The van der Waals surface area contributed by atoms with Crippen molar-refractivity contribution < 1.29 is 28.2 Å². The first-order chi connectivity index (χ1) is 16.3. The van der Waals surface area contributed by atoms with Crippen LogP contribution in [0.5, 0.6) is 5.75 Å². The van der Waals surface area contributed by atoms with Gasteiger partial charge in [-0.2, -0.15) is 5.26 Å². The van der Waals surface area contributed by atoms with Crippen molar-refractivity contribution >= 4 is 51.2 Å². The number of carbonyl (C=O) groups excluding carboxylic acids is 3. The van der Waals surface area contributed by atoms with Crippen LogP contribution in [0, 0.1) is 23.1 Å². The Kier molecular flexibility index (Phi) is 8.31. The van der Waals surface area contributed by atoms with Crippen molar-refractivity contribution in [2.75, 3.05) is 25.3 Å². The molecule has 1 aliphatic rings. The van der Waals surface area contributed by atoms with Crippen LogP contribution in [-0.4, -0.2) is 37.8 Å². The lowest BCUT2D eigenvalue weighted by molar-refractivity contribution is -0.150. The molecule has 8 nitrogen and oxygen atoms in total. The molecule has 2 aromatic rings. The van der Waals surface area contributed by atoms with Crippen LogP contribution in [0.2, 0.25) is 0 Å². The Morgan fingerprint density at radius 3 is 2.53 bits per heavy atom. The molecule has 1 heterocycles. The van der Waals surface area contributed by atoms with E-state index < -0.39 is 35.4 Å². The number of halogens is 2. The van der Waals surface area contributed by atoms with Gasteiger partial charge in [-0.15, -0.1) is 0 Å². The number of nitrogens with zero attached hydrogens (tertiary/aromatic N) is 1. The number of ether oxygens (including phenoxy) is 2. The van der Waals surface area contributed by atoms with E-state index in [1.165, 1.54) is 31.4 Å². The van der Waals surface area contributed by atoms with Crippen molar-refractivity contribution in [2.24, 2.45) is 5.92 Å². The van der Waals surface area contributed by atoms with Crippen LogP contribution in [0.4, 0.5) is 10.1 Å². The highest BCUT2D eigenvalue weighted by atomic mass is 79.9. The Hall–Kier alpha value is -3.36. The molecule has 0 aliphatic carbocycles. The van der Waals surface area contributed by atoms with Crippen molar-refractivity contribution in [2.45, 2.75) is 5.92 Å². The summed E-state index contributed by atoms with van der Waals surface area (Å²) in [7, 11) is 2.66. The number of nitriles is 1. The SMILES string of the molecule is COC(=O)[C@@H]1C(=O)NC(SCC(=O)Nc2ccc(F)cc2)=C(C#N)[C@@H]1c1ccc(OC)c(Br)c1. The number of carbonyl (C=O) groups is 3. The highest BCUT2D eigenvalue weighted by molar-refractivity contribution is 9.10. The zero-order valence-corrected chi connectivity index (χ0v) is 20.5. The monoisotopic (exact) mass is 547 g/mol. The first-order valence-corrected chi connectivity index (χ1v) is 11.6. The van der Waals surface area contributed by atoms with Crippen molar-refractivity contribution in [1.82, 2.24) is 5.32 Å². The standard InChI is InChI=1S/C23H19BrFN3O5S/c1-32-17-8-3-12(9-16(17)24)19-15(10-26)22(28-21(30)20(19)23(31)33-2)34-11-18(29)27-14-6-4-13(25)5-7-14/h3-9,19-20H,11H2,1-2H3,(H,27,29)(H,28,30)/t19-,20-/m0/s1. The van der Waals surface area contributed by atoms with Crippen molar-refractivity contribution in [3.63, 3.8) is 0 Å². The number of allylic oxidation sites excluding steroid dienone is 1. The number of anilines is 1. The molecule has 0 radical (unpaired) electrons. The van der Waals surface area contributed by atoms with Crippen LogP contribution in [0.1, 0.15) is 11.5 Å². The largest absolute Gasteiger partial charge is 0.496 e. The quantitative estimate of drug-likeness (QED) is 0.400. The first kappa shape index (κ1) is 25.3. The first-order valence-electron chi connectivity index (χ1n) is 9.83. The van der Waals surface area contributed by atoms with Gasteiger partial charge in [-0.3, -0.25) is 14.4 Å². The molecule has 0 unspecified atom stereocenters. The Morgan fingerprint density at radius 1 is 1.24 bits per heavy atom. The van der Waals surface area contributed by atoms with E-state index in [2.05, 4.69) is 32.6 Å². The third-order valence-corrected chi connectivity index (χ3v) is 6.63. The number of hydrogen-bond acceptors (Lipinski definition) is 7. The second-order valence-corrected chi connectivity index (χ2v) is 8.90. The minimum Gasteiger partial charge on any atom is -0.496 e. The lowest BCUT2D eigenvalue weighted by Crippen LogP contribution is -2.44. The number of rotatable bonds is 7. The molecule has 176 valence electrons. The van der Waals surface area contributed by atoms with Gasteiger partial charge in [0.2, 0.25) is 11.8 Å². The summed E-state index contributed by atoms with van der Waals surface area (Å²) in [5.41, 5.74) is 1.04. The lowest BCUT2D eigenvalue weighted by atomic mass is 9.78. The van der Waals surface area contributed by atoms with Crippen LogP contribution < -0.4 is 15.4 Å². The molecule has 34 heavy (non-hydrogen) atoms. The second kappa shape index (κ2) is 11.2. The zero-order chi connectivity index (χ0) is 24.8. The third kappa shape index (κ3) is 5.58.